The highest BCUT2D eigenvalue weighted by molar-refractivity contribution is 7.13. The van der Waals surface area contributed by atoms with Crippen molar-refractivity contribution in [2.45, 2.75) is 90.7 Å². The van der Waals surface area contributed by atoms with E-state index < -0.39 is 23.9 Å². The van der Waals surface area contributed by atoms with E-state index in [1.807, 2.05) is 75.1 Å². The Labute approximate surface area is 514 Å². The minimum absolute atomic E-state index is 0.0139. The van der Waals surface area contributed by atoms with E-state index in [0.717, 1.165) is 53.0 Å². The highest BCUT2D eigenvalue weighted by Gasteiger charge is 2.43. The Morgan fingerprint density at radius 2 is 1.67 bits per heavy atom. The van der Waals surface area contributed by atoms with Crippen LogP contribution in [0.15, 0.2) is 89.4 Å². The Bertz CT molecular complexity index is 3570. The second kappa shape index (κ2) is 28.7. The number of aromatic hydroxyl groups is 1. The number of rotatable bonds is 25. The molecule has 23 heteroatoms. The standard InChI is InChI=1S/C64H75ClFN9O11S/c1-7-55(78)73-18-20-74(21-19-73)61-50-33-51(65)57(49-31-45(76)29-42-10-8-9-11-48(42)49)58(66)59(50)69-64(70-61)85-40(5)35-72-16-14-47(15-17-72)83-26-24-81-22-23-82-25-27-84-53-30-43(60-41(6)68-37-87-60)12-13-44(53)34-67-62(79)52-32-46(77)36-75(52)63(80)56(38(2)3)54-28-39(4)71-86-54/h7-13,28-31,33,37-38,40,46-47,52,56,76-77H,1,14-27,32,34-36H2,2-6H3,(H,67,79)/t40-,46-,52+,56+/m1/s1. The number of aliphatic hydroxyl groups excluding tert-OH is 1. The van der Waals surface area contributed by atoms with Gasteiger partial charge in [0.15, 0.2) is 5.82 Å². The van der Waals surface area contributed by atoms with Crippen molar-refractivity contribution in [2.75, 3.05) is 96.9 Å². The van der Waals surface area contributed by atoms with Gasteiger partial charge in [-0.3, -0.25) is 19.3 Å². The van der Waals surface area contributed by atoms with Gasteiger partial charge in [-0.1, -0.05) is 73.6 Å². The third-order valence-corrected chi connectivity index (χ3v) is 17.4. The Hall–Kier alpha value is -7.31. The molecule has 87 heavy (non-hydrogen) atoms. The number of amides is 3. The van der Waals surface area contributed by atoms with E-state index in [0.29, 0.717) is 105 Å². The van der Waals surface area contributed by atoms with Crippen LogP contribution in [-0.2, 0) is 35.1 Å². The maximum absolute atomic E-state index is 17.2. The fourth-order valence-electron chi connectivity index (χ4n) is 11.7. The van der Waals surface area contributed by atoms with Gasteiger partial charge < -0.3 is 58.4 Å². The number of carbonyl (C=O) groups excluding carboxylic acids is 3. The molecule has 3 amide bonds. The van der Waals surface area contributed by atoms with Crippen molar-refractivity contribution in [2.24, 2.45) is 5.92 Å². The van der Waals surface area contributed by atoms with Crippen LogP contribution in [0.5, 0.6) is 17.5 Å². The van der Waals surface area contributed by atoms with E-state index in [1.165, 1.54) is 28.4 Å². The molecule has 20 nitrogen and oxygen atoms in total. The maximum atomic E-state index is 17.2. The smallest absolute Gasteiger partial charge is 0.319 e. The van der Waals surface area contributed by atoms with Crippen LogP contribution in [-0.4, -0.2) is 179 Å². The van der Waals surface area contributed by atoms with Crippen molar-refractivity contribution < 1.29 is 57.2 Å². The lowest BCUT2D eigenvalue weighted by Crippen LogP contribution is -2.48. The summed E-state index contributed by atoms with van der Waals surface area (Å²) in [6.45, 7) is 19.2. The third-order valence-electron chi connectivity index (χ3n) is 16.1. The first-order valence-corrected chi connectivity index (χ1v) is 30.9. The quantitative estimate of drug-likeness (QED) is 0.0358. The molecule has 10 rings (SSSR count). The minimum Gasteiger partial charge on any atom is -0.508 e. The zero-order valence-corrected chi connectivity index (χ0v) is 51.3. The molecule has 3 aromatic heterocycles. The van der Waals surface area contributed by atoms with Gasteiger partial charge in [0.05, 0.1) is 72.0 Å². The summed E-state index contributed by atoms with van der Waals surface area (Å²) in [5.74, 6) is -0.868. The van der Waals surface area contributed by atoms with Crippen LogP contribution in [0.2, 0.25) is 5.02 Å². The molecule has 0 spiro atoms. The molecule has 3 N–H and O–H groups in total. The van der Waals surface area contributed by atoms with Gasteiger partial charge in [-0.2, -0.15) is 9.97 Å². The normalized spacial score (nSPS) is 17.6. The van der Waals surface area contributed by atoms with E-state index >= 15 is 4.39 Å². The number of piperazine rings is 1. The molecule has 0 radical (unpaired) electrons. The summed E-state index contributed by atoms with van der Waals surface area (Å²) in [5.41, 5.74) is 5.57. The van der Waals surface area contributed by atoms with Crippen LogP contribution in [0.1, 0.15) is 68.7 Å². The van der Waals surface area contributed by atoms with Crippen molar-refractivity contribution in [3.63, 3.8) is 0 Å². The Morgan fingerprint density at radius 1 is 0.920 bits per heavy atom. The molecule has 3 aliphatic rings. The van der Waals surface area contributed by atoms with E-state index in [9.17, 15) is 24.6 Å². The zero-order chi connectivity index (χ0) is 61.3. The number of aryl methyl sites for hydroxylation is 2. The van der Waals surface area contributed by atoms with Crippen molar-refractivity contribution >= 4 is 68.2 Å². The van der Waals surface area contributed by atoms with Crippen LogP contribution in [0, 0.1) is 25.6 Å². The number of β-amino-alcohol motifs (C(OH)–C–C–N with tert-alkyl or cyclic N) is 1. The van der Waals surface area contributed by atoms with E-state index in [4.69, 9.17) is 44.8 Å². The van der Waals surface area contributed by atoms with Crippen molar-refractivity contribution in [1.29, 1.82) is 0 Å². The molecular weight excluding hydrogens is 1160 g/mol. The molecule has 3 saturated heterocycles. The number of ether oxygens (including phenoxy) is 5. The van der Waals surface area contributed by atoms with Crippen molar-refractivity contribution in [3.8, 4) is 39.1 Å². The lowest BCUT2D eigenvalue weighted by Gasteiger charge is -2.35. The number of carbonyl (C=O) groups is 3. The number of benzene rings is 4. The molecule has 462 valence electrons. The minimum atomic E-state index is -0.867. The number of fused-ring (bicyclic) bond motifs is 2. The number of hydrogen-bond acceptors (Lipinski definition) is 18. The van der Waals surface area contributed by atoms with Crippen molar-refractivity contribution in [1.82, 2.24) is 40.1 Å². The molecule has 3 fully saturated rings. The summed E-state index contributed by atoms with van der Waals surface area (Å²) in [7, 11) is 0. The number of likely N-dealkylation sites (tertiary alicyclic amines) is 2. The molecule has 0 bridgehead atoms. The van der Waals surface area contributed by atoms with E-state index in [2.05, 4.69) is 31.9 Å². The number of aliphatic hydroxyl groups is 1. The number of nitrogens with one attached hydrogen (secondary N) is 1. The number of aromatic nitrogens is 4. The van der Waals surface area contributed by atoms with Gasteiger partial charge in [-0.15, -0.1) is 11.3 Å². The number of anilines is 1. The van der Waals surface area contributed by atoms with Gasteiger partial charge in [0.2, 0.25) is 17.7 Å². The van der Waals surface area contributed by atoms with Crippen LogP contribution < -0.4 is 19.7 Å². The predicted octanol–water partition coefficient (Wildman–Crippen LogP) is 8.89. The molecule has 3 aliphatic heterocycles. The first-order valence-electron chi connectivity index (χ1n) is 29.6. The molecular formula is C64H75ClFN9O11S. The molecule has 0 aliphatic carbocycles. The molecule has 6 heterocycles. The predicted molar refractivity (Wildman–Crippen MR) is 330 cm³/mol. The monoisotopic (exact) mass is 1230 g/mol. The van der Waals surface area contributed by atoms with Crippen molar-refractivity contribution in [3.05, 3.63) is 118 Å². The van der Waals surface area contributed by atoms with Gasteiger partial charge in [-0.25, -0.2) is 9.37 Å². The van der Waals surface area contributed by atoms with Crippen LogP contribution in [0.25, 0.3) is 43.2 Å². The van der Waals surface area contributed by atoms with Crippen LogP contribution in [0.3, 0.4) is 0 Å². The van der Waals surface area contributed by atoms with E-state index in [1.54, 1.807) is 35.5 Å². The fourth-order valence-corrected chi connectivity index (χ4v) is 12.8. The zero-order valence-electron chi connectivity index (χ0n) is 49.7. The van der Waals surface area contributed by atoms with Crippen LogP contribution >= 0.6 is 22.9 Å². The second-order valence-electron chi connectivity index (χ2n) is 22.7. The van der Waals surface area contributed by atoms with Gasteiger partial charge in [0.25, 0.3) is 0 Å². The van der Waals surface area contributed by atoms with Gasteiger partial charge in [-0.05, 0) is 91.8 Å². The Kier molecular flexibility index (Phi) is 20.7. The number of phenols is 1. The topological polar surface area (TPSA) is 228 Å². The average molecular weight is 1230 g/mol. The summed E-state index contributed by atoms with van der Waals surface area (Å²) in [6.07, 6.45) is 1.91. The largest absolute Gasteiger partial charge is 0.508 e. The Morgan fingerprint density at radius 3 is 2.38 bits per heavy atom. The maximum Gasteiger partial charge on any atom is 0.319 e. The molecule has 7 aromatic rings. The second-order valence-corrected chi connectivity index (χ2v) is 23.9. The lowest BCUT2D eigenvalue weighted by molar-refractivity contribution is -0.141. The summed E-state index contributed by atoms with van der Waals surface area (Å²) in [4.78, 5) is 62.6. The van der Waals surface area contributed by atoms with E-state index in [-0.39, 0.29) is 89.8 Å². The number of thiazole rings is 1. The fraction of sp³-hybridized carbons (Fsp3) is 0.453. The highest BCUT2D eigenvalue weighted by Crippen LogP contribution is 2.43. The molecule has 0 unspecified atom stereocenters. The summed E-state index contributed by atoms with van der Waals surface area (Å²) in [6, 6.07) is 18.9. The third kappa shape index (κ3) is 15.0. The average Bonchev–Trinajstić information content (AvgIpc) is 3.64. The van der Waals surface area contributed by atoms with Crippen LogP contribution in [0.4, 0.5) is 10.2 Å². The molecule has 4 aromatic carbocycles. The van der Waals surface area contributed by atoms with Gasteiger partial charge in [0.1, 0.15) is 53.3 Å². The summed E-state index contributed by atoms with van der Waals surface area (Å²) >= 11 is 8.47. The van der Waals surface area contributed by atoms with Gasteiger partial charge >= 0.3 is 6.01 Å². The lowest BCUT2D eigenvalue weighted by atomic mass is 9.91. The summed E-state index contributed by atoms with van der Waals surface area (Å²) < 4.78 is 53.3. The number of piperidine rings is 1. The first-order chi connectivity index (χ1) is 42.0. The highest BCUT2D eigenvalue weighted by atomic mass is 35.5. The molecule has 0 saturated carbocycles. The number of hydrogen-bond donors (Lipinski definition) is 3. The SMILES string of the molecule is C=CC(=O)N1CCN(c2nc(O[C@H](C)CN3CCC(OCCOCCOCCOc4cc(-c5scnc5C)ccc4CNC(=O)[C@@H]4C[C@@H](O)CN4C(=O)[C@H](c4cc(C)no4)C(C)C)CC3)nc3c(F)c(-c4cc(O)cc5ccccc45)c(Cl)cc23)CC1. The number of phenolic OH excluding ortho intramolecular Hbond substituents is 1. The number of halogens is 2. The van der Waals surface area contributed by atoms with Gasteiger partial charge in [0, 0.05) is 87.9 Å². The number of nitrogens with zero attached hydrogens (tertiary/aromatic N) is 8. The first kappa shape index (κ1) is 62.7. The summed E-state index contributed by atoms with van der Waals surface area (Å²) in [5, 5.41) is 30.3. The molecule has 4 atom stereocenters. The Balaban J connectivity index is 0.669.